The summed E-state index contributed by atoms with van der Waals surface area (Å²) in [6, 6.07) is 9.89. The number of thioether (sulfide) groups is 1. The summed E-state index contributed by atoms with van der Waals surface area (Å²) in [5.41, 5.74) is 2.18. The summed E-state index contributed by atoms with van der Waals surface area (Å²) in [7, 11) is 1.63. The Morgan fingerprint density at radius 2 is 1.85 bits per heavy atom. The van der Waals surface area contributed by atoms with E-state index in [2.05, 4.69) is 17.9 Å². The molecule has 8 nitrogen and oxygen atoms in total. The third kappa shape index (κ3) is 6.27. The molecule has 10 heteroatoms. The van der Waals surface area contributed by atoms with Crippen LogP contribution in [0.15, 0.2) is 34.0 Å². The molecule has 0 bridgehead atoms. The molecule has 1 amide bonds. The van der Waals surface area contributed by atoms with E-state index in [1.54, 1.807) is 23.5 Å². The summed E-state index contributed by atoms with van der Waals surface area (Å²) in [4.78, 5) is 31.4. The third-order valence-corrected chi connectivity index (χ3v) is 8.61. The standard InChI is InChI=1S/C30H36N4O4S2/c1-6-7-13-33-27(32-17-19(2)38-20(3)18-32)24(21(4)25(16-31)28(33)35)15-26-29(36)34(30(39)40-26)14-12-22-8-10-23(37-5)11-9-22/h8-11,15,19-20H,6-7,12-14,17-18H2,1-5H3/b26-15-. The topological polar surface area (TPSA) is 87.8 Å². The number of hydrogen-bond acceptors (Lipinski definition) is 8. The molecule has 1 aromatic heterocycles. The van der Waals surface area contributed by atoms with Crippen molar-refractivity contribution in [1.82, 2.24) is 9.47 Å². The van der Waals surface area contributed by atoms with Crippen molar-refractivity contribution in [2.24, 2.45) is 0 Å². The zero-order valence-electron chi connectivity index (χ0n) is 23.7. The first-order valence-corrected chi connectivity index (χ1v) is 14.9. The van der Waals surface area contributed by atoms with E-state index in [4.69, 9.17) is 21.7 Å². The second kappa shape index (κ2) is 13.0. The minimum atomic E-state index is -0.292. The van der Waals surface area contributed by atoms with Crippen molar-refractivity contribution in [2.75, 3.05) is 31.6 Å². The average Bonchev–Trinajstić information content (AvgIpc) is 3.19. The second-order valence-electron chi connectivity index (χ2n) is 10.3. The quantitative estimate of drug-likeness (QED) is 0.306. The van der Waals surface area contributed by atoms with Crippen molar-refractivity contribution in [1.29, 1.82) is 5.26 Å². The van der Waals surface area contributed by atoms with Gasteiger partial charge in [0.05, 0.1) is 24.2 Å². The van der Waals surface area contributed by atoms with Gasteiger partial charge in [0.15, 0.2) is 0 Å². The maximum absolute atomic E-state index is 13.6. The first-order valence-electron chi connectivity index (χ1n) is 13.6. The molecule has 4 rings (SSSR count). The lowest BCUT2D eigenvalue weighted by atomic mass is 10.0. The van der Waals surface area contributed by atoms with E-state index in [9.17, 15) is 14.9 Å². The molecular weight excluding hydrogens is 544 g/mol. The van der Waals surface area contributed by atoms with Crippen LogP contribution in [-0.2, 0) is 22.5 Å². The molecule has 0 spiro atoms. The predicted octanol–water partition coefficient (Wildman–Crippen LogP) is 4.89. The number of carbonyl (C=O) groups is 1. The molecule has 2 aliphatic heterocycles. The lowest BCUT2D eigenvalue weighted by Gasteiger charge is -2.39. The van der Waals surface area contributed by atoms with Crippen LogP contribution in [0.4, 0.5) is 5.82 Å². The molecule has 2 saturated heterocycles. The summed E-state index contributed by atoms with van der Waals surface area (Å²) in [5.74, 6) is 1.35. The SMILES string of the molecule is CCCCn1c(N2CC(C)OC(C)C2)c(/C=C2\SC(=S)N(CCc3ccc(OC)cc3)C2=O)c(C)c(C#N)c1=O. The number of nitrogens with zero attached hydrogens (tertiary/aromatic N) is 4. The van der Waals surface area contributed by atoms with Crippen LogP contribution < -0.4 is 15.2 Å². The Bertz CT molecular complexity index is 1400. The molecule has 2 unspecified atom stereocenters. The largest absolute Gasteiger partial charge is 0.497 e. The van der Waals surface area contributed by atoms with Crippen LogP contribution in [0.25, 0.3) is 6.08 Å². The van der Waals surface area contributed by atoms with Gasteiger partial charge in [-0.2, -0.15) is 5.26 Å². The number of rotatable bonds is 9. The fourth-order valence-corrected chi connectivity index (χ4v) is 6.51. The Morgan fingerprint density at radius 1 is 1.18 bits per heavy atom. The Hall–Kier alpha value is -3.13. The smallest absolute Gasteiger partial charge is 0.270 e. The molecule has 0 saturated carbocycles. The van der Waals surface area contributed by atoms with Crippen LogP contribution in [0.3, 0.4) is 0 Å². The van der Waals surface area contributed by atoms with Gasteiger partial charge in [-0.1, -0.05) is 49.5 Å². The van der Waals surface area contributed by atoms with Crippen LogP contribution in [0.1, 0.15) is 55.9 Å². The number of benzene rings is 1. The molecule has 1 aromatic carbocycles. The van der Waals surface area contributed by atoms with Crippen molar-refractivity contribution in [2.45, 2.75) is 65.7 Å². The van der Waals surface area contributed by atoms with E-state index in [0.29, 0.717) is 53.0 Å². The molecule has 0 N–H and O–H groups in total. The Kier molecular flexibility index (Phi) is 9.72. The number of pyridine rings is 1. The summed E-state index contributed by atoms with van der Waals surface area (Å²) >= 11 is 6.87. The molecule has 0 radical (unpaired) electrons. The van der Waals surface area contributed by atoms with Crippen molar-refractivity contribution >= 4 is 46.1 Å². The van der Waals surface area contributed by atoms with Gasteiger partial charge in [0.1, 0.15) is 27.5 Å². The first kappa shape index (κ1) is 29.8. The first-order chi connectivity index (χ1) is 19.2. The zero-order valence-corrected chi connectivity index (χ0v) is 25.4. The highest BCUT2D eigenvalue weighted by Crippen LogP contribution is 2.36. The number of methoxy groups -OCH3 is 1. The number of amides is 1. The van der Waals surface area contributed by atoms with E-state index in [0.717, 1.165) is 30.0 Å². The summed E-state index contributed by atoms with van der Waals surface area (Å²) in [5, 5.41) is 9.94. The molecular formula is C30H36N4O4S2. The highest BCUT2D eigenvalue weighted by atomic mass is 32.2. The maximum atomic E-state index is 13.6. The number of aromatic nitrogens is 1. The van der Waals surface area contributed by atoms with Gasteiger partial charge in [0.25, 0.3) is 11.5 Å². The molecule has 3 heterocycles. The van der Waals surface area contributed by atoms with Gasteiger partial charge >= 0.3 is 0 Å². The summed E-state index contributed by atoms with van der Waals surface area (Å²) in [6.07, 6.45) is 4.11. The van der Waals surface area contributed by atoms with Crippen molar-refractivity contribution in [3.63, 3.8) is 0 Å². The van der Waals surface area contributed by atoms with Gasteiger partial charge in [-0.3, -0.25) is 19.1 Å². The molecule has 2 fully saturated rings. The van der Waals surface area contributed by atoms with Crippen LogP contribution in [0, 0.1) is 18.3 Å². The summed E-state index contributed by atoms with van der Waals surface area (Å²) < 4.78 is 13.4. The monoisotopic (exact) mass is 580 g/mol. The number of unbranched alkanes of at least 4 members (excludes halogenated alkanes) is 1. The number of nitriles is 1. The molecule has 0 aliphatic carbocycles. The lowest BCUT2D eigenvalue weighted by molar-refractivity contribution is -0.122. The van der Waals surface area contributed by atoms with E-state index < -0.39 is 0 Å². The highest BCUT2D eigenvalue weighted by Gasteiger charge is 2.34. The highest BCUT2D eigenvalue weighted by molar-refractivity contribution is 8.26. The number of carbonyl (C=O) groups excluding carboxylic acids is 1. The van der Waals surface area contributed by atoms with E-state index in [1.807, 2.05) is 44.2 Å². The minimum Gasteiger partial charge on any atom is -0.497 e. The lowest BCUT2D eigenvalue weighted by Crippen LogP contribution is -2.48. The van der Waals surface area contributed by atoms with Crippen molar-refractivity contribution < 1.29 is 14.3 Å². The van der Waals surface area contributed by atoms with Crippen molar-refractivity contribution in [3.8, 4) is 11.8 Å². The Labute approximate surface area is 245 Å². The van der Waals surface area contributed by atoms with Crippen LogP contribution in [-0.4, -0.2) is 58.6 Å². The van der Waals surface area contributed by atoms with Gasteiger partial charge in [-0.25, -0.2) is 0 Å². The van der Waals surface area contributed by atoms with Crippen LogP contribution in [0.5, 0.6) is 5.75 Å². The number of morpholine rings is 1. The average molecular weight is 581 g/mol. The number of hydrogen-bond donors (Lipinski definition) is 0. The zero-order chi connectivity index (χ0) is 29.0. The van der Waals surface area contributed by atoms with E-state index in [1.165, 1.54) is 11.8 Å². The van der Waals surface area contributed by atoms with Gasteiger partial charge in [0, 0.05) is 31.7 Å². The van der Waals surface area contributed by atoms with Crippen LogP contribution >= 0.6 is 24.0 Å². The maximum Gasteiger partial charge on any atom is 0.270 e. The van der Waals surface area contributed by atoms with Gasteiger partial charge in [-0.15, -0.1) is 0 Å². The second-order valence-corrected chi connectivity index (χ2v) is 11.9. The normalized spacial score (nSPS) is 20.4. The minimum absolute atomic E-state index is 0.0292. The van der Waals surface area contributed by atoms with E-state index in [-0.39, 0.29) is 29.2 Å². The number of anilines is 1. The number of ether oxygens (including phenoxy) is 2. The fourth-order valence-electron chi connectivity index (χ4n) is 5.22. The fraction of sp³-hybridized carbons (Fsp3) is 0.467. The number of thiocarbonyl (C=S) groups is 1. The molecule has 40 heavy (non-hydrogen) atoms. The van der Waals surface area contributed by atoms with Crippen molar-refractivity contribution in [3.05, 3.63) is 61.8 Å². The predicted molar refractivity (Wildman–Crippen MR) is 164 cm³/mol. The van der Waals surface area contributed by atoms with Crippen LogP contribution in [0.2, 0.25) is 0 Å². The third-order valence-electron chi connectivity index (χ3n) is 7.23. The Balaban J connectivity index is 1.74. The molecule has 2 atom stereocenters. The van der Waals surface area contributed by atoms with E-state index >= 15 is 0 Å². The van der Waals surface area contributed by atoms with Gasteiger partial charge in [-0.05, 0) is 62.9 Å². The Morgan fingerprint density at radius 3 is 2.45 bits per heavy atom. The van der Waals surface area contributed by atoms with Gasteiger partial charge < -0.3 is 14.4 Å². The molecule has 212 valence electrons. The van der Waals surface area contributed by atoms with Gasteiger partial charge in [0.2, 0.25) is 0 Å². The molecule has 2 aromatic rings. The molecule has 2 aliphatic rings. The summed E-state index contributed by atoms with van der Waals surface area (Å²) in [6.45, 7) is 10.0.